The molecule has 0 spiro atoms. The standard InChI is InChI=1S/C19H18N2O6/c1-26-12-6-3-10(4-7-12)16-15(18(24)27-2)17(21-19(25)20-16)13-8-5-11(22)9-14(13)23/h3-9,17,22-23H,1-2H3,(H2,20,21,25). The van der Waals surface area contributed by atoms with Crippen LogP contribution in [0.3, 0.4) is 0 Å². The van der Waals surface area contributed by atoms with Crippen molar-refractivity contribution in [1.29, 1.82) is 0 Å². The second-order valence-corrected chi connectivity index (χ2v) is 5.78. The Morgan fingerprint density at radius 3 is 2.37 bits per heavy atom. The van der Waals surface area contributed by atoms with Crippen LogP contribution >= 0.6 is 0 Å². The first-order chi connectivity index (χ1) is 12.9. The van der Waals surface area contributed by atoms with E-state index >= 15 is 0 Å². The molecular formula is C19H18N2O6. The summed E-state index contributed by atoms with van der Waals surface area (Å²) in [6.07, 6.45) is 0. The Morgan fingerprint density at radius 2 is 1.78 bits per heavy atom. The molecule has 2 amide bonds. The van der Waals surface area contributed by atoms with E-state index in [1.807, 2.05) is 0 Å². The maximum absolute atomic E-state index is 12.5. The van der Waals surface area contributed by atoms with Crippen LogP contribution in [0.15, 0.2) is 48.0 Å². The Kier molecular flexibility index (Phi) is 4.89. The molecule has 27 heavy (non-hydrogen) atoms. The molecule has 0 aromatic heterocycles. The molecular weight excluding hydrogens is 352 g/mol. The highest BCUT2D eigenvalue weighted by molar-refractivity contribution is 6.04. The minimum atomic E-state index is -0.969. The van der Waals surface area contributed by atoms with Gasteiger partial charge in [-0.15, -0.1) is 0 Å². The van der Waals surface area contributed by atoms with Crippen LogP contribution in [0.1, 0.15) is 17.2 Å². The second-order valence-electron chi connectivity index (χ2n) is 5.78. The molecule has 2 aromatic carbocycles. The molecule has 0 bridgehead atoms. The molecule has 1 unspecified atom stereocenters. The molecule has 0 fully saturated rings. The van der Waals surface area contributed by atoms with Gasteiger partial charge in [0.05, 0.1) is 31.5 Å². The van der Waals surface area contributed by atoms with Gasteiger partial charge >= 0.3 is 12.0 Å². The van der Waals surface area contributed by atoms with Gasteiger partial charge in [-0.2, -0.15) is 0 Å². The molecule has 0 saturated carbocycles. The topological polar surface area (TPSA) is 117 Å². The van der Waals surface area contributed by atoms with E-state index in [1.165, 1.54) is 26.4 Å². The molecule has 0 radical (unpaired) electrons. The lowest BCUT2D eigenvalue weighted by molar-refractivity contribution is -0.136. The first-order valence-electron chi connectivity index (χ1n) is 8.01. The fraction of sp³-hybridized carbons (Fsp3) is 0.158. The summed E-state index contributed by atoms with van der Waals surface area (Å²) in [7, 11) is 2.76. The Balaban J connectivity index is 2.19. The van der Waals surface area contributed by atoms with Gasteiger partial charge in [0.15, 0.2) is 0 Å². The second kappa shape index (κ2) is 7.28. The van der Waals surface area contributed by atoms with E-state index in [0.717, 1.165) is 6.07 Å². The number of nitrogens with one attached hydrogen (secondary N) is 2. The van der Waals surface area contributed by atoms with Crippen LogP contribution < -0.4 is 15.4 Å². The molecule has 1 heterocycles. The average Bonchev–Trinajstić information content (AvgIpc) is 2.67. The number of esters is 1. The summed E-state index contributed by atoms with van der Waals surface area (Å²) in [5, 5.41) is 24.9. The highest BCUT2D eigenvalue weighted by atomic mass is 16.5. The zero-order valence-corrected chi connectivity index (χ0v) is 14.6. The summed E-state index contributed by atoms with van der Waals surface area (Å²) in [5.74, 6) is -0.467. The quantitative estimate of drug-likeness (QED) is 0.612. The number of aromatic hydroxyl groups is 2. The smallest absolute Gasteiger partial charge is 0.338 e. The maximum atomic E-state index is 12.5. The van der Waals surface area contributed by atoms with E-state index < -0.39 is 18.0 Å². The van der Waals surface area contributed by atoms with Crippen LogP contribution in [0.5, 0.6) is 17.2 Å². The van der Waals surface area contributed by atoms with Gasteiger partial charge in [0.1, 0.15) is 17.2 Å². The molecule has 8 heteroatoms. The van der Waals surface area contributed by atoms with Crippen molar-refractivity contribution in [3.63, 3.8) is 0 Å². The molecule has 0 saturated heterocycles. The van der Waals surface area contributed by atoms with Gasteiger partial charge in [0.25, 0.3) is 0 Å². The number of carbonyl (C=O) groups excluding carboxylic acids is 2. The molecule has 4 N–H and O–H groups in total. The van der Waals surface area contributed by atoms with Crippen molar-refractivity contribution in [3.05, 3.63) is 59.2 Å². The summed E-state index contributed by atoms with van der Waals surface area (Å²) in [6, 6.07) is 9.16. The third-order valence-corrected chi connectivity index (χ3v) is 4.18. The zero-order valence-electron chi connectivity index (χ0n) is 14.6. The number of hydrogen-bond acceptors (Lipinski definition) is 6. The lowest BCUT2D eigenvalue weighted by Gasteiger charge is -2.29. The largest absolute Gasteiger partial charge is 0.508 e. The number of carbonyl (C=O) groups is 2. The van der Waals surface area contributed by atoms with Crippen molar-refractivity contribution in [1.82, 2.24) is 10.6 Å². The summed E-state index contributed by atoms with van der Waals surface area (Å²) < 4.78 is 10.0. The summed E-state index contributed by atoms with van der Waals surface area (Å²) in [6.45, 7) is 0. The summed E-state index contributed by atoms with van der Waals surface area (Å²) in [4.78, 5) is 24.7. The summed E-state index contributed by atoms with van der Waals surface area (Å²) in [5.41, 5.74) is 1.18. The van der Waals surface area contributed by atoms with E-state index in [1.54, 1.807) is 24.3 Å². The van der Waals surface area contributed by atoms with Crippen molar-refractivity contribution in [2.24, 2.45) is 0 Å². The highest BCUT2D eigenvalue weighted by Gasteiger charge is 2.35. The SMILES string of the molecule is COC(=O)C1=C(c2ccc(OC)cc2)NC(=O)NC1c1ccc(O)cc1O. The van der Waals surface area contributed by atoms with Crippen molar-refractivity contribution < 1.29 is 29.3 Å². The van der Waals surface area contributed by atoms with Gasteiger partial charge < -0.3 is 30.3 Å². The molecule has 3 rings (SSSR count). The molecule has 0 aliphatic carbocycles. The number of hydrogen-bond donors (Lipinski definition) is 4. The lowest BCUT2D eigenvalue weighted by Crippen LogP contribution is -2.45. The predicted molar refractivity (Wildman–Crippen MR) is 96.1 cm³/mol. The van der Waals surface area contributed by atoms with Crippen molar-refractivity contribution in [3.8, 4) is 17.2 Å². The number of rotatable bonds is 4. The predicted octanol–water partition coefficient (Wildman–Crippen LogP) is 2.04. The molecule has 8 nitrogen and oxygen atoms in total. The van der Waals surface area contributed by atoms with Gasteiger partial charge in [0, 0.05) is 11.6 Å². The van der Waals surface area contributed by atoms with E-state index in [2.05, 4.69) is 10.6 Å². The van der Waals surface area contributed by atoms with Gasteiger partial charge in [-0.1, -0.05) is 0 Å². The van der Waals surface area contributed by atoms with E-state index in [-0.39, 0.29) is 28.3 Å². The van der Waals surface area contributed by atoms with Gasteiger partial charge in [-0.3, -0.25) is 0 Å². The maximum Gasteiger partial charge on any atom is 0.338 e. The van der Waals surface area contributed by atoms with Crippen LogP contribution in [-0.2, 0) is 9.53 Å². The monoisotopic (exact) mass is 370 g/mol. The number of urea groups is 1. The molecule has 1 aliphatic heterocycles. The molecule has 1 atom stereocenters. The number of phenols is 2. The number of amides is 2. The van der Waals surface area contributed by atoms with E-state index in [9.17, 15) is 19.8 Å². The third kappa shape index (κ3) is 3.50. The Morgan fingerprint density at radius 1 is 1.07 bits per heavy atom. The molecule has 2 aromatic rings. The number of methoxy groups -OCH3 is 2. The molecule has 140 valence electrons. The first-order valence-corrected chi connectivity index (χ1v) is 8.01. The van der Waals surface area contributed by atoms with Crippen LogP contribution in [0, 0.1) is 0 Å². The van der Waals surface area contributed by atoms with Crippen molar-refractivity contribution in [2.75, 3.05) is 14.2 Å². The van der Waals surface area contributed by atoms with Crippen molar-refractivity contribution >= 4 is 17.7 Å². The van der Waals surface area contributed by atoms with Gasteiger partial charge in [-0.05, 0) is 42.0 Å². The summed E-state index contributed by atoms with van der Waals surface area (Å²) >= 11 is 0. The Labute approximate surface area is 155 Å². The van der Waals surface area contributed by atoms with Gasteiger partial charge in [-0.25, -0.2) is 9.59 Å². The first kappa shape index (κ1) is 18.1. The Bertz CT molecular complexity index is 920. The fourth-order valence-corrected chi connectivity index (χ4v) is 2.89. The fourth-order valence-electron chi connectivity index (χ4n) is 2.89. The van der Waals surface area contributed by atoms with Crippen LogP contribution in [-0.4, -0.2) is 36.4 Å². The molecule has 1 aliphatic rings. The van der Waals surface area contributed by atoms with Crippen LogP contribution in [0.2, 0.25) is 0 Å². The normalized spacial score (nSPS) is 16.4. The average molecular weight is 370 g/mol. The Hall–Kier alpha value is -3.68. The number of ether oxygens (including phenoxy) is 2. The number of phenolic OH excluding ortho intramolecular Hbond substituents is 2. The zero-order chi connectivity index (χ0) is 19.6. The third-order valence-electron chi connectivity index (χ3n) is 4.18. The highest BCUT2D eigenvalue weighted by Crippen LogP contribution is 2.37. The van der Waals surface area contributed by atoms with E-state index in [4.69, 9.17) is 9.47 Å². The van der Waals surface area contributed by atoms with Crippen LogP contribution in [0.25, 0.3) is 5.70 Å². The number of benzene rings is 2. The van der Waals surface area contributed by atoms with Gasteiger partial charge in [0.2, 0.25) is 0 Å². The lowest BCUT2D eigenvalue weighted by atomic mass is 9.92. The minimum absolute atomic E-state index is 0.114. The van der Waals surface area contributed by atoms with Crippen molar-refractivity contribution in [2.45, 2.75) is 6.04 Å². The van der Waals surface area contributed by atoms with E-state index in [0.29, 0.717) is 11.3 Å². The van der Waals surface area contributed by atoms with Crippen LogP contribution in [0.4, 0.5) is 4.79 Å². The minimum Gasteiger partial charge on any atom is -0.508 e.